The van der Waals surface area contributed by atoms with Crippen LogP contribution in [0.25, 0.3) is 11.5 Å². The molecule has 4 rings (SSSR count). The molecule has 5 nitrogen and oxygen atoms in total. The van der Waals surface area contributed by atoms with Gasteiger partial charge in [-0.15, -0.1) is 0 Å². The molecule has 2 heterocycles. The number of hydrogen-bond acceptors (Lipinski definition) is 3. The lowest BCUT2D eigenvalue weighted by atomic mass is 10.1. The van der Waals surface area contributed by atoms with Crippen LogP contribution in [-0.4, -0.2) is 22.8 Å². The summed E-state index contributed by atoms with van der Waals surface area (Å²) >= 11 is 0. The Morgan fingerprint density at radius 1 is 1.16 bits per heavy atom. The highest BCUT2D eigenvalue weighted by atomic mass is 16.3. The Bertz CT molecular complexity index is 973. The first-order valence-corrected chi connectivity index (χ1v) is 8.27. The molecule has 1 aliphatic rings. The maximum Gasteiger partial charge on any atom is 0.261 e. The van der Waals surface area contributed by atoms with Crippen molar-refractivity contribution in [3.63, 3.8) is 0 Å². The molecule has 0 radical (unpaired) electrons. The summed E-state index contributed by atoms with van der Waals surface area (Å²) in [5.74, 6) is 0.295. The van der Waals surface area contributed by atoms with Gasteiger partial charge in [-0.25, -0.2) is 0 Å². The maximum atomic E-state index is 12.8. The summed E-state index contributed by atoms with van der Waals surface area (Å²) in [5, 5.41) is 0. The molecule has 1 amide bonds. The van der Waals surface area contributed by atoms with E-state index in [2.05, 4.69) is 17.1 Å². The van der Waals surface area contributed by atoms with Gasteiger partial charge in [0.2, 0.25) is 0 Å². The number of aryl methyl sites for hydroxylation is 1. The fraction of sp³-hybridized carbons (Fsp3) is 0.200. The highest BCUT2D eigenvalue weighted by molar-refractivity contribution is 5.94. The predicted octanol–water partition coefficient (Wildman–Crippen LogP) is 3.39. The molecule has 1 atom stereocenters. The number of furan rings is 1. The summed E-state index contributed by atoms with van der Waals surface area (Å²) in [7, 11) is 1.76. The van der Waals surface area contributed by atoms with Crippen molar-refractivity contribution in [2.45, 2.75) is 18.9 Å². The zero-order valence-electron chi connectivity index (χ0n) is 13.9. The number of carbonyl (C=O) groups is 1. The van der Waals surface area contributed by atoms with Gasteiger partial charge in [-0.3, -0.25) is 9.59 Å². The standard InChI is InChI=1S/C20H18N2O3/c1-22(17-11-8-13-5-2-3-6-14(13)17)20(24)15-9-10-16(21-19(15)23)18-7-4-12-25-18/h2-7,9-10,12,17H,8,11H2,1H3,(H,21,23)/t17-/m1/s1. The number of fused-ring (bicyclic) bond motifs is 1. The first-order chi connectivity index (χ1) is 12.1. The van der Waals surface area contributed by atoms with E-state index in [1.165, 1.54) is 17.4 Å². The molecule has 25 heavy (non-hydrogen) atoms. The van der Waals surface area contributed by atoms with Gasteiger partial charge in [-0.2, -0.15) is 0 Å². The molecule has 0 unspecified atom stereocenters. The number of nitrogens with one attached hydrogen (secondary N) is 1. The Morgan fingerprint density at radius 2 is 2.00 bits per heavy atom. The van der Waals surface area contributed by atoms with Crippen molar-refractivity contribution in [3.05, 3.63) is 81.8 Å². The molecule has 0 saturated heterocycles. The number of aromatic amines is 1. The molecule has 0 spiro atoms. The largest absolute Gasteiger partial charge is 0.463 e. The van der Waals surface area contributed by atoms with Crippen molar-refractivity contribution in [1.29, 1.82) is 0 Å². The van der Waals surface area contributed by atoms with Crippen LogP contribution in [0.2, 0.25) is 0 Å². The van der Waals surface area contributed by atoms with Crippen LogP contribution in [0.4, 0.5) is 0 Å². The van der Waals surface area contributed by atoms with Gasteiger partial charge in [0, 0.05) is 7.05 Å². The minimum absolute atomic E-state index is 0.00727. The van der Waals surface area contributed by atoms with E-state index in [9.17, 15) is 9.59 Å². The van der Waals surface area contributed by atoms with Gasteiger partial charge in [0.25, 0.3) is 11.5 Å². The van der Waals surface area contributed by atoms with Crippen molar-refractivity contribution in [2.75, 3.05) is 7.05 Å². The zero-order valence-corrected chi connectivity index (χ0v) is 13.9. The first-order valence-electron chi connectivity index (χ1n) is 8.27. The van der Waals surface area contributed by atoms with E-state index < -0.39 is 5.56 Å². The van der Waals surface area contributed by atoms with Crippen LogP contribution in [0.5, 0.6) is 0 Å². The van der Waals surface area contributed by atoms with Crippen molar-refractivity contribution in [1.82, 2.24) is 9.88 Å². The summed E-state index contributed by atoms with van der Waals surface area (Å²) in [4.78, 5) is 29.6. The van der Waals surface area contributed by atoms with Crippen LogP contribution in [0.3, 0.4) is 0 Å². The average Bonchev–Trinajstić information content (AvgIpc) is 3.30. The van der Waals surface area contributed by atoms with Gasteiger partial charge >= 0.3 is 0 Å². The Balaban J connectivity index is 1.62. The lowest BCUT2D eigenvalue weighted by Gasteiger charge is -2.25. The number of H-pyrrole nitrogens is 1. The average molecular weight is 334 g/mol. The summed E-state index contributed by atoms with van der Waals surface area (Å²) in [6.07, 6.45) is 3.37. The molecule has 2 aromatic heterocycles. The lowest BCUT2D eigenvalue weighted by Crippen LogP contribution is -2.34. The summed E-state index contributed by atoms with van der Waals surface area (Å²) in [5.41, 5.74) is 2.73. The first kappa shape index (κ1) is 15.4. The SMILES string of the molecule is CN(C(=O)c1ccc(-c2ccco2)[nH]c1=O)[C@@H]1CCc2ccccc21. The topological polar surface area (TPSA) is 66.3 Å². The minimum atomic E-state index is -0.406. The number of nitrogens with zero attached hydrogens (tertiary/aromatic N) is 1. The van der Waals surface area contributed by atoms with E-state index in [4.69, 9.17) is 4.42 Å². The van der Waals surface area contributed by atoms with Gasteiger partial charge in [-0.05, 0) is 48.2 Å². The highest BCUT2D eigenvalue weighted by Gasteiger charge is 2.29. The number of hydrogen-bond donors (Lipinski definition) is 1. The Labute approximate surface area is 144 Å². The second-order valence-corrected chi connectivity index (χ2v) is 6.26. The summed E-state index contributed by atoms with van der Waals surface area (Å²) in [6, 6.07) is 14.9. The maximum absolute atomic E-state index is 12.8. The van der Waals surface area contributed by atoms with Crippen LogP contribution >= 0.6 is 0 Å². The van der Waals surface area contributed by atoms with Crippen molar-refractivity contribution in [3.8, 4) is 11.5 Å². The van der Waals surface area contributed by atoms with E-state index in [1.807, 2.05) is 12.1 Å². The van der Waals surface area contributed by atoms with Crippen LogP contribution in [0.1, 0.15) is 33.9 Å². The van der Waals surface area contributed by atoms with Crippen LogP contribution < -0.4 is 5.56 Å². The Kier molecular flexibility index (Phi) is 3.76. The number of rotatable bonds is 3. The Morgan fingerprint density at radius 3 is 2.76 bits per heavy atom. The van der Waals surface area contributed by atoms with Crippen LogP contribution in [0.15, 0.2) is 64.0 Å². The van der Waals surface area contributed by atoms with Gasteiger partial charge in [0.1, 0.15) is 11.3 Å². The quantitative estimate of drug-likeness (QED) is 0.798. The predicted molar refractivity (Wildman–Crippen MR) is 94.4 cm³/mol. The molecular weight excluding hydrogens is 316 g/mol. The van der Waals surface area contributed by atoms with E-state index in [1.54, 1.807) is 36.2 Å². The van der Waals surface area contributed by atoms with Gasteiger partial charge in [0.05, 0.1) is 18.0 Å². The molecule has 0 saturated carbocycles. The van der Waals surface area contributed by atoms with Crippen LogP contribution in [-0.2, 0) is 6.42 Å². The van der Waals surface area contributed by atoms with Gasteiger partial charge in [-0.1, -0.05) is 24.3 Å². The molecule has 1 aliphatic carbocycles. The summed E-state index contributed by atoms with van der Waals surface area (Å²) < 4.78 is 5.28. The number of carbonyl (C=O) groups excluding carboxylic acids is 1. The van der Waals surface area contributed by atoms with E-state index in [0.29, 0.717) is 11.5 Å². The highest BCUT2D eigenvalue weighted by Crippen LogP contribution is 2.35. The number of aromatic nitrogens is 1. The van der Waals surface area contributed by atoms with Crippen LogP contribution in [0, 0.1) is 0 Å². The van der Waals surface area contributed by atoms with Crippen molar-refractivity contribution < 1.29 is 9.21 Å². The van der Waals surface area contributed by atoms with E-state index in [0.717, 1.165) is 12.8 Å². The molecule has 0 bridgehead atoms. The fourth-order valence-electron chi connectivity index (χ4n) is 3.49. The third-order valence-electron chi connectivity index (χ3n) is 4.82. The smallest absolute Gasteiger partial charge is 0.261 e. The number of pyridine rings is 1. The summed E-state index contributed by atoms with van der Waals surface area (Å²) in [6.45, 7) is 0. The molecule has 0 fully saturated rings. The third kappa shape index (κ3) is 2.67. The zero-order chi connectivity index (χ0) is 17.4. The Hall–Kier alpha value is -3.08. The van der Waals surface area contributed by atoms with Gasteiger partial charge in [0.15, 0.2) is 0 Å². The van der Waals surface area contributed by atoms with Gasteiger partial charge < -0.3 is 14.3 Å². The number of benzene rings is 1. The van der Waals surface area contributed by atoms with E-state index >= 15 is 0 Å². The monoisotopic (exact) mass is 334 g/mol. The minimum Gasteiger partial charge on any atom is -0.463 e. The second-order valence-electron chi connectivity index (χ2n) is 6.26. The molecule has 3 aromatic rings. The third-order valence-corrected chi connectivity index (χ3v) is 4.82. The fourth-order valence-corrected chi connectivity index (χ4v) is 3.49. The molecule has 5 heteroatoms. The molecule has 1 N–H and O–H groups in total. The molecule has 0 aliphatic heterocycles. The second kappa shape index (κ2) is 6.09. The van der Waals surface area contributed by atoms with Crippen molar-refractivity contribution >= 4 is 5.91 Å². The number of amides is 1. The normalized spacial score (nSPS) is 15.8. The molecule has 126 valence electrons. The molecular formula is C20H18N2O3. The lowest BCUT2D eigenvalue weighted by molar-refractivity contribution is 0.0729. The van der Waals surface area contributed by atoms with E-state index in [-0.39, 0.29) is 17.5 Å². The van der Waals surface area contributed by atoms with Crippen molar-refractivity contribution in [2.24, 2.45) is 0 Å². The molecule has 1 aromatic carbocycles.